The second-order valence-corrected chi connectivity index (χ2v) is 6.94. The first-order chi connectivity index (χ1) is 12.6. The van der Waals surface area contributed by atoms with Crippen LogP contribution in [0.5, 0.6) is 0 Å². The van der Waals surface area contributed by atoms with E-state index in [0.29, 0.717) is 19.6 Å². The number of esters is 1. The Bertz CT molecular complexity index is 624. The number of piperazine rings is 2. The van der Waals surface area contributed by atoms with Gasteiger partial charge in [0.15, 0.2) is 6.54 Å². The minimum absolute atomic E-state index is 0. The molecule has 0 radical (unpaired) electrons. The summed E-state index contributed by atoms with van der Waals surface area (Å²) in [6.07, 6.45) is 3.60. The molecule has 0 saturated carbocycles. The van der Waals surface area contributed by atoms with Crippen molar-refractivity contribution >= 4 is 54.8 Å². The molecule has 0 aliphatic carbocycles. The molecular weight excluding hydrogens is 441 g/mol. The van der Waals surface area contributed by atoms with Crippen LogP contribution < -0.4 is 10.2 Å². The predicted molar refractivity (Wildman–Crippen MR) is 119 cm³/mol. The Hall–Kier alpha value is -1.16. The number of hydrogen-bond acceptors (Lipinski definition) is 7. The minimum atomic E-state index is -0.317. The first kappa shape index (κ1) is 27.8. The van der Waals surface area contributed by atoms with E-state index >= 15 is 0 Å². The summed E-state index contributed by atoms with van der Waals surface area (Å²) < 4.78 is 5.03. The lowest BCUT2D eigenvalue weighted by atomic mass is 10.2. The van der Waals surface area contributed by atoms with Crippen LogP contribution in [0.25, 0.3) is 0 Å². The van der Waals surface area contributed by atoms with Crippen LogP contribution in [0.15, 0.2) is 24.5 Å². The van der Waals surface area contributed by atoms with Crippen molar-refractivity contribution in [2.75, 3.05) is 77.5 Å². The topological polar surface area (TPSA) is 74.8 Å². The van der Waals surface area contributed by atoms with E-state index in [2.05, 4.69) is 20.1 Å². The minimum Gasteiger partial charge on any atom is -0.465 e. The number of anilines is 1. The Kier molecular flexibility index (Phi) is 12.7. The zero-order valence-corrected chi connectivity index (χ0v) is 19.1. The molecule has 0 atom stereocenters. The molecule has 166 valence electrons. The first-order valence-corrected chi connectivity index (χ1v) is 9.17. The van der Waals surface area contributed by atoms with E-state index in [4.69, 9.17) is 4.74 Å². The number of hydrogen-bond donors (Lipinski definition) is 1. The molecule has 8 nitrogen and oxygen atoms in total. The van der Waals surface area contributed by atoms with Crippen molar-refractivity contribution in [3.63, 3.8) is 0 Å². The van der Waals surface area contributed by atoms with Crippen LogP contribution >= 0.6 is 37.2 Å². The van der Waals surface area contributed by atoms with Gasteiger partial charge in [0.2, 0.25) is 0 Å². The maximum absolute atomic E-state index is 13.1. The van der Waals surface area contributed by atoms with E-state index in [9.17, 15) is 9.59 Å². The first-order valence-electron chi connectivity index (χ1n) is 9.17. The smallest absolute Gasteiger partial charge is 0.362 e. The third kappa shape index (κ3) is 7.24. The van der Waals surface area contributed by atoms with Gasteiger partial charge in [0, 0.05) is 57.3 Å². The molecule has 2 aliphatic heterocycles. The lowest BCUT2D eigenvalue weighted by Crippen LogP contribution is -2.66. The summed E-state index contributed by atoms with van der Waals surface area (Å²) in [6, 6.07) is 4.02. The molecule has 3 heterocycles. The van der Waals surface area contributed by atoms with Crippen molar-refractivity contribution in [2.45, 2.75) is 0 Å². The number of halogens is 3. The number of quaternary nitrogens is 1. The fourth-order valence-electron chi connectivity index (χ4n) is 3.69. The van der Waals surface area contributed by atoms with E-state index < -0.39 is 0 Å². The van der Waals surface area contributed by atoms with Gasteiger partial charge in [-0.2, -0.15) is 0 Å². The molecule has 0 bridgehead atoms. The molecule has 2 fully saturated rings. The zero-order chi connectivity index (χ0) is 18.4. The van der Waals surface area contributed by atoms with Crippen molar-refractivity contribution in [1.29, 1.82) is 0 Å². The zero-order valence-electron chi connectivity index (χ0n) is 16.6. The number of rotatable bonds is 5. The summed E-state index contributed by atoms with van der Waals surface area (Å²) >= 11 is 0. The molecule has 3 rings (SSSR count). The monoisotopic (exact) mass is 470 g/mol. The molecule has 1 N–H and O–H groups in total. The Morgan fingerprint density at radius 2 is 1.66 bits per heavy atom. The highest BCUT2D eigenvalue weighted by molar-refractivity contribution is 5.86. The van der Waals surface area contributed by atoms with Gasteiger partial charge in [-0.15, -0.1) is 37.2 Å². The number of amides is 1. The van der Waals surface area contributed by atoms with Crippen LogP contribution in [0.4, 0.5) is 5.69 Å². The molecule has 29 heavy (non-hydrogen) atoms. The summed E-state index contributed by atoms with van der Waals surface area (Å²) in [7, 11) is 1.38. The molecule has 2 aliphatic rings. The van der Waals surface area contributed by atoms with Gasteiger partial charge in [-0.1, -0.05) is 0 Å². The lowest BCUT2D eigenvalue weighted by Gasteiger charge is -2.41. The van der Waals surface area contributed by atoms with E-state index in [1.54, 1.807) is 12.4 Å². The summed E-state index contributed by atoms with van der Waals surface area (Å²) in [5.41, 5.74) is 1.17. The number of nitrogens with zero attached hydrogens (tertiary/aromatic N) is 4. The second kappa shape index (κ2) is 13.2. The van der Waals surface area contributed by atoms with Gasteiger partial charge in [-0.3, -0.25) is 9.88 Å². The van der Waals surface area contributed by atoms with Crippen molar-refractivity contribution in [1.82, 2.24) is 15.2 Å². The van der Waals surface area contributed by atoms with Crippen molar-refractivity contribution in [2.24, 2.45) is 0 Å². The van der Waals surface area contributed by atoms with E-state index in [1.807, 2.05) is 12.1 Å². The summed E-state index contributed by atoms with van der Waals surface area (Å²) in [4.78, 5) is 33.5. The molecule has 1 aromatic rings. The number of aromatic nitrogens is 1. The SMILES string of the molecule is COC(=O)C[N+]1(C(=O)CN2CCN(c3ccncc3)CC2)CCNCC1.Cl.Cl.Cl. The molecule has 11 heteroatoms. The van der Waals surface area contributed by atoms with Gasteiger partial charge in [0.25, 0.3) is 0 Å². The Morgan fingerprint density at radius 3 is 2.21 bits per heavy atom. The fraction of sp³-hybridized carbons (Fsp3) is 0.611. The van der Waals surface area contributed by atoms with E-state index in [0.717, 1.165) is 39.3 Å². The fourth-order valence-corrected chi connectivity index (χ4v) is 3.69. The van der Waals surface area contributed by atoms with Crippen LogP contribution in [0.2, 0.25) is 0 Å². The largest absolute Gasteiger partial charge is 0.465 e. The molecule has 2 saturated heterocycles. The summed E-state index contributed by atoms with van der Waals surface area (Å²) in [5.74, 6) is -0.197. The van der Waals surface area contributed by atoms with Crippen LogP contribution in [0, 0.1) is 0 Å². The number of carbonyl (C=O) groups excluding carboxylic acids is 2. The highest BCUT2D eigenvalue weighted by Gasteiger charge is 2.41. The molecule has 1 amide bonds. The predicted octanol–water partition coefficient (Wildman–Crippen LogP) is 0.589. The molecule has 0 spiro atoms. The van der Waals surface area contributed by atoms with E-state index in [1.165, 1.54) is 12.8 Å². The van der Waals surface area contributed by atoms with Crippen LogP contribution in [0.1, 0.15) is 0 Å². The maximum Gasteiger partial charge on any atom is 0.362 e. The van der Waals surface area contributed by atoms with Gasteiger partial charge in [0.1, 0.15) is 6.54 Å². The van der Waals surface area contributed by atoms with Gasteiger partial charge in [0.05, 0.1) is 20.2 Å². The van der Waals surface area contributed by atoms with Crippen molar-refractivity contribution in [3.05, 3.63) is 24.5 Å². The highest BCUT2D eigenvalue weighted by Crippen LogP contribution is 2.16. The number of carbonyl (C=O) groups is 2. The van der Waals surface area contributed by atoms with Crippen molar-refractivity contribution < 1.29 is 18.8 Å². The van der Waals surface area contributed by atoms with E-state index in [-0.39, 0.29) is 60.1 Å². The van der Waals surface area contributed by atoms with Crippen LogP contribution in [-0.2, 0) is 14.3 Å². The average molecular weight is 472 g/mol. The number of methoxy groups -OCH3 is 1. The molecule has 0 unspecified atom stereocenters. The third-order valence-electron chi connectivity index (χ3n) is 5.38. The Balaban J connectivity index is 0.00000261. The summed E-state index contributed by atoms with van der Waals surface area (Å²) in [5, 5.41) is 3.27. The molecule has 0 aromatic carbocycles. The van der Waals surface area contributed by atoms with Gasteiger partial charge >= 0.3 is 11.9 Å². The summed E-state index contributed by atoms with van der Waals surface area (Å²) in [6.45, 7) is 6.75. The third-order valence-corrected chi connectivity index (χ3v) is 5.38. The maximum atomic E-state index is 13.1. The second-order valence-electron chi connectivity index (χ2n) is 6.94. The highest BCUT2D eigenvalue weighted by atomic mass is 35.5. The van der Waals surface area contributed by atoms with Gasteiger partial charge < -0.3 is 15.0 Å². The van der Waals surface area contributed by atoms with Gasteiger partial charge in [-0.25, -0.2) is 14.1 Å². The Labute approximate surface area is 190 Å². The van der Waals surface area contributed by atoms with Crippen LogP contribution in [-0.4, -0.2) is 98.8 Å². The Morgan fingerprint density at radius 1 is 1.07 bits per heavy atom. The average Bonchev–Trinajstić information content (AvgIpc) is 2.70. The standard InChI is InChI=1S/C18H28N5O3.3ClH/c1-26-18(25)15-23(12-6-20-7-13-23)17(24)14-21-8-10-22(11-9-21)16-2-4-19-5-3-16;;;/h2-5,20H,6-15H2,1H3;3*1H/q+1;;;. The number of ether oxygens (including phenoxy) is 1. The molecule has 1 aromatic heterocycles. The molecular formula is C18H31Cl3N5O3+. The van der Waals surface area contributed by atoms with Gasteiger partial charge in [-0.05, 0) is 12.1 Å². The normalized spacial score (nSPS) is 18.4. The number of nitrogens with one attached hydrogen (secondary N) is 1. The van der Waals surface area contributed by atoms with Crippen LogP contribution in [0.3, 0.4) is 0 Å². The lowest BCUT2D eigenvalue weighted by molar-refractivity contribution is -0.849. The number of pyridine rings is 1. The van der Waals surface area contributed by atoms with Crippen molar-refractivity contribution in [3.8, 4) is 0 Å². The quantitative estimate of drug-likeness (QED) is 0.497.